The van der Waals surface area contributed by atoms with Gasteiger partial charge < -0.3 is 4.74 Å². The zero-order chi connectivity index (χ0) is 10.4. The van der Waals surface area contributed by atoms with E-state index in [4.69, 9.17) is 16.3 Å². The van der Waals surface area contributed by atoms with Gasteiger partial charge in [-0.25, -0.2) is 4.31 Å². The van der Waals surface area contributed by atoms with Gasteiger partial charge in [-0.05, 0) is 24.8 Å². The topological polar surface area (TPSA) is 12.5 Å². The average Bonchev–Trinajstić information content (AvgIpc) is 2.26. The number of nitrogens with zero attached hydrogens (tertiary/aromatic N) is 1. The summed E-state index contributed by atoms with van der Waals surface area (Å²) in [7, 11) is 0. The van der Waals surface area contributed by atoms with E-state index in [1.54, 1.807) is 11.9 Å². The number of rotatable bonds is 4. The van der Waals surface area contributed by atoms with Crippen molar-refractivity contribution in [3.63, 3.8) is 0 Å². The molecule has 0 saturated carbocycles. The number of halogens is 1. The highest BCUT2D eigenvalue weighted by molar-refractivity contribution is 8.00. The lowest BCUT2D eigenvalue weighted by molar-refractivity contribution is 0.0775. The molecule has 0 aromatic heterocycles. The standard InChI is InChI=1S/C10H18ClNOS/c1-3-9(11)10(4-2)14-12-5-7-13-8-6-12/h3-8H2,1-2H3/b10-9+. The van der Waals surface area contributed by atoms with Crippen molar-refractivity contribution in [3.05, 3.63) is 9.94 Å². The van der Waals surface area contributed by atoms with Crippen LogP contribution >= 0.6 is 23.5 Å². The molecule has 0 amide bonds. The van der Waals surface area contributed by atoms with Crippen LogP contribution in [0.2, 0.25) is 0 Å². The molecule has 0 aromatic rings. The van der Waals surface area contributed by atoms with Gasteiger partial charge in [0, 0.05) is 23.0 Å². The molecule has 0 spiro atoms. The van der Waals surface area contributed by atoms with E-state index in [9.17, 15) is 0 Å². The van der Waals surface area contributed by atoms with Gasteiger partial charge in [0.1, 0.15) is 0 Å². The molecule has 1 aliphatic rings. The van der Waals surface area contributed by atoms with Crippen molar-refractivity contribution in [1.29, 1.82) is 0 Å². The Bertz CT molecular complexity index is 202. The smallest absolute Gasteiger partial charge is 0.0603 e. The summed E-state index contributed by atoms with van der Waals surface area (Å²) in [6.07, 6.45) is 1.96. The summed E-state index contributed by atoms with van der Waals surface area (Å²) in [5.41, 5.74) is 0. The van der Waals surface area contributed by atoms with Crippen molar-refractivity contribution in [2.24, 2.45) is 0 Å². The summed E-state index contributed by atoms with van der Waals surface area (Å²) >= 11 is 7.95. The van der Waals surface area contributed by atoms with Gasteiger partial charge in [-0.3, -0.25) is 0 Å². The lowest BCUT2D eigenvalue weighted by atomic mass is 10.3. The van der Waals surface area contributed by atoms with Crippen LogP contribution in [-0.2, 0) is 4.74 Å². The third-order valence-electron chi connectivity index (χ3n) is 2.14. The molecule has 0 N–H and O–H groups in total. The maximum Gasteiger partial charge on any atom is 0.0603 e. The predicted molar refractivity (Wildman–Crippen MR) is 63.4 cm³/mol. The summed E-state index contributed by atoms with van der Waals surface area (Å²) in [4.78, 5) is 1.30. The van der Waals surface area contributed by atoms with Crippen LogP contribution in [0.1, 0.15) is 26.7 Å². The summed E-state index contributed by atoms with van der Waals surface area (Å²) in [5.74, 6) is 0. The minimum atomic E-state index is 0.841. The lowest BCUT2D eigenvalue weighted by Gasteiger charge is -2.26. The Kier molecular flexibility index (Phi) is 5.94. The largest absolute Gasteiger partial charge is 0.379 e. The number of allylic oxidation sites excluding steroid dienone is 2. The Morgan fingerprint density at radius 3 is 2.43 bits per heavy atom. The zero-order valence-electron chi connectivity index (χ0n) is 8.88. The summed E-state index contributed by atoms with van der Waals surface area (Å²) in [5, 5.41) is 1.00. The molecule has 14 heavy (non-hydrogen) atoms. The molecule has 1 aliphatic heterocycles. The van der Waals surface area contributed by atoms with Gasteiger partial charge in [0.25, 0.3) is 0 Å². The first-order valence-electron chi connectivity index (χ1n) is 5.16. The van der Waals surface area contributed by atoms with Gasteiger partial charge >= 0.3 is 0 Å². The highest BCUT2D eigenvalue weighted by atomic mass is 35.5. The Balaban J connectivity index is 2.46. The first-order chi connectivity index (χ1) is 6.77. The average molecular weight is 236 g/mol. The molecule has 1 rings (SSSR count). The molecular formula is C10H18ClNOS. The minimum Gasteiger partial charge on any atom is -0.379 e. The molecule has 0 radical (unpaired) electrons. The van der Waals surface area contributed by atoms with E-state index in [2.05, 4.69) is 18.2 Å². The molecule has 1 fully saturated rings. The van der Waals surface area contributed by atoms with E-state index in [1.807, 2.05) is 0 Å². The minimum absolute atomic E-state index is 0.841. The number of morpholine rings is 1. The van der Waals surface area contributed by atoms with E-state index in [-0.39, 0.29) is 0 Å². The number of ether oxygens (including phenoxy) is 1. The van der Waals surface area contributed by atoms with Crippen LogP contribution in [0.25, 0.3) is 0 Å². The van der Waals surface area contributed by atoms with Crippen molar-refractivity contribution < 1.29 is 4.74 Å². The highest BCUT2D eigenvalue weighted by Crippen LogP contribution is 2.30. The van der Waals surface area contributed by atoms with Gasteiger partial charge in [-0.1, -0.05) is 25.4 Å². The maximum absolute atomic E-state index is 6.15. The number of hydrogen-bond donors (Lipinski definition) is 0. The van der Waals surface area contributed by atoms with E-state index in [0.29, 0.717) is 0 Å². The second kappa shape index (κ2) is 6.72. The van der Waals surface area contributed by atoms with Crippen LogP contribution in [0.3, 0.4) is 0 Å². The van der Waals surface area contributed by atoms with Crippen molar-refractivity contribution in [1.82, 2.24) is 4.31 Å². The van der Waals surface area contributed by atoms with Crippen molar-refractivity contribution in [2.75, 3.05) is 26.3 Å². The predicted octanol–water partition coefficient (Wildman–Crippen LogP) is 3.24. The normalized spacial score (nSPS) is 20.8. The Hall–Kier alpha value is 0.300. The van der Waals surface area contributed by atoms with Crippen molar-refractivity contribution in [3.8, 4) is 0 Å². The van der Waals surface area contributed by atoms with Gasteiger partial charge in [-0.2, -0.15) is 0 Å². The third kappa shape index (κ3) is 3.81. The van der Waals surface area contributed by atoms with E-state index in [0.717, 1.165) is 44.2 Å². The molecular weight excluding hydrogens is 218 g/mol. The maximum atomic E-state index is 6.15. The zero-order valence-corrected chi connectivity index (χ0v) is 10.5. The fourth-order valence-electron chi connectivity index (χ4n) is 1.30. The first kappa shape index (κ1) is 12.4. The van der Waals surface area contributed by atoms with E-state index >= 15 is 0 Å². The van der Waals surface area contributed by atoms with Crippen LogP contribution in [0.15, 0.2) is 9.94 Å². The molecule has 4 heteroatoms. The summed E-state index contributed by atoms with van der Waals surface area (Å²) in [6.45, 7) is 7.93. The Labute approximate surface area is 95.8 Å². The second-order valence-corrected chi connectivity index (χ2v) is 4.82. The van der Waals surface area contributed by atoms with Crippen LogP contribution in [0.4, 0.5) is 0 Å². The van der Waals surface area contributed by atoms with Crippen LogP contribution in [-0.4, -0.2) is 30.6 Å². The van der Waals surface area contributed by atoms with Gasteiger partial charge in [0.2, 0.25) is 0 Å². The van der Waals surface area contributed by atoms with Crippen LogP contribution in [0.5, 0.6) is 0 Å². The van der Waals surface area contributed by atoms with Gasteiger partial charge in [0.15, 0.2) is 0 Å². The Morgan fingerprint density at radius 2 is 1.93 bits per heavy atom. The van der Waals surface area contributed by atoms with Gasteiger partial charge in [-0.15, -0.1) is 0 Å². The molecule has 0 unspecified atom stereocenters. The summed E-state index contributed by atoms with van der Waals surface area (Å²) in [6, 6.07) is 0. The van der Waals surface area contributed by atoms with Crippen molar-refractivity contribution >= 4 is 23.5 Å². The third-order valence-corrected chi connectivity index (χ3v) is 4.13. The van der Waals surface area contributed by atoms with Crippen LogP contribution < -0.4 is 0 Å². The highest BCUT2D eigenvalue weighted by Gasteiger charge is 2.13. The van der Waals surface area contributed by atoms with Gasteiger partial charge in [0.05, 0.1) is 13.2 Å². The molecule has 2 nitrogen and oxygen atoms in total. The van der Waals surface area contributed by atoms with Crippen molar-refractivity contribution in [2.45, 2.75) is 26.7 Å². The Morgan fingerprint density at radius 1 is 1.29 bits per heavy atom. The summed E-state index contributed by atoms with van der Waals surface area (Å²) < 4.78 is 7.63. The number of hydrogen-bond acceptors (Lipinski definition) is 3. The first-order valence-corrected chi connectivity index (χ1v) is 6.31. The fourth-order valence-corrected chi connectivity index (χ4v) is 2.55. The SMILES string of the molecule is CC/C(Cl)=C(/CC)SN1CCOCC1. The van der Waals surface area contributed by atoms with E-state index in [1.165, 1.54) is 4.91 Å². The quantitative estimate of drug-likeness (QED) is 0.695. The molecule has 0 aromatic carbocycles. The molecule has 1 saturated heterocycles. The molecule has 82 valence electrons. The van der Waals surface area contributed by atoms with Crippen LogP contribution in [0, 0.1) is 0 Å². The molecule has 0 bridgehead atoms. The fraction of sp³-hybridized carbons (Fsp3) is 0.800. The second-order valence-electron chi connectivity index (χ2n) is 3.17. The molecule has 1 heterocycles. The molecule has 0 atom stereocenters. The molecule has 0 aliphatic carbocycles. The lowest BCUT2D eigenvalue weighted by Crippen LogP contribution is -2.31. The monoisotopic (exact) mass is 235 g/mol. The van der Waals surface area contributed by atoms with E-state index < -0.39 is 0 Å².